The molecule has 2 amide bonds. The highest BCUT2D eigenvalue weighted by molar-refractivity contribution is 5.97. The van der Waals surface area contributed by atoms with Crippen LogP contribution in [0.15, 0.2) is 42.5 Å². The van der Waals surface area contributed by atoms with Crippen molar-refractivity contribution in [3.8, 4) is 11.5 Å². The Labute approximate surface area is 166 Å². The highest BCUT2D eigenvalue weighted by atomic mass is 19.4. The van der Waals surface area contributed by atoms with Crippen LogP contribution in [-0.4, -0.2) is 39.1 Å². The van der Waals surface area contributed by atoms with E-state index in [-0.39, 0.29) is 13.1 Å². The number of methoxy groups -OCH3 is 2. The number of rotatable bonds is 8. The molecule has 6 nitrogen and oxygen atoms in total. The van der Waals surface area contributed by atoms with E-state index in [1.807, 2.05) is 0 Å². The molecule has 0 heterocycles. The van der Waals surface area contributed by atoms with Crippen molar-refractivity contribution in [3.63, 3.8) is 0 Å². The fourth-order valence-electron chi connectivity index (χ4n) is 2.51. The van der Waals surface area contributed by atoms with Crippen molar-refractivity contribution in [2.75, 3.05) is 27.3 Å². The van der Waals surface area contributed by atoms with Gasteiger partial charge < -0.3 is 20.1 Å². The van der Waals surface area contributed by atoms with Crippen molar-refractivity contribution in [2.45, 2.75) is 12.6 Å². The van der Waals surface area contributed by atoms with Gasteiger partial charge >= 0.3 is 6.18 Å². The first-order valence-electron chi connectivity index (χ1n) is 8.67. The summed E-state index contributed by atoms with van der Waals surface area (Å²) in [4.78, 5) is 24.0. The van der Waals surface area contributed by atoms with Gasteiger partial charge in [-0.05, 0) is 42.3 Å². The number of benzene rings is 2. The second-order valence-electron chi connectivity index (χ2n) is 6.05. The zero-order chi connectivity index (χ0) is 21.4. The second-order valence-corrected chi connectivity index (χ2v) is 6.05. The number of carbonyl (C=O) groups is 2. The van der Waals surface area contributed by atoms with Crippen LogP contribution in [0.25, 0.3) is 0 Å². The number of ether oxygens (including phenoxy) is 2. The van der Waals surface area contributed by atoms with Crippen LogP contribution in [0.3, 0.4) is 0 Å². The van der Waals surface area contributed by atoms with E-state index >= 15 is 0 Å². The van der Waals surface area contributed by atoms with Crippen molar-refractivity contribution in [2.24, 2.45) is 0 Å². The second kappa shape index (κ2) is 9.81. The average Bonchev–Trinajstić information content (AvgIpc) is 2.71. The first kappa shape index (κ1) is 22.1. The van der Waals surface area contributed by atoms with E-state index in [9.17, 15) is 22.8 Å². The Morgan fingerprint density at radius 3 is 2.17 bits per heavy atom. The van der Waals surface area contributed by atoms with Crippen molar-refractivity contribution in [1.29, 1.82) is 0 Å². The molecule has 0 atom stereocenters. The first-order chi connectivity index (χ1) is 13.7. The summed E-state index contributed by atoms with van der Waals surface area (Å²) in [5, 5.41) is 5.09. The summed E-state index contributed by atoms with van der Waals surface area (Å²) in [6.45, 7) is -0.00336. The van der Waals surface area contributed by atoms with Gasteiger partial charge in [-0.15, -0.1) is 0 Å². The maximum absolute atomic E-state index is 12.5. The molecule has 2 rings (SSSR count). The van der Waals surface area contributed by atoms with Crippen LogP contribution < -0.4 is 20.1 Å². The van der Waals surface area contributed by atoms with Crippen LogP contribution in [0.1, 0.15) is 21.5 Å². The number of carbonyl (C=O) groups excluding carboxylic acids is 2. The number of amides is 2. The maximum atomic E-state index is 12.5. The van der Waals surface area contributed by atoms with Gasteiger partial charge in [-0.2, -0.15) is 13.2 Å². The summed E-state index contributed by atoms with van der Waals surface area (Å²) in [7, 11) is 2.93. The minimum atomic E-state index is -4.38. The summed E-state index contributed by atoms with van der Waals surface area (Å²) in [5.74, 6) is 0.000725. The molecule has 0 aliphatic carbocycles. The van der Waals surface area contributed by atoms with Gasteiger partial charge in [0, 0.05) is 12.1 Å². The van der Waals surface area contributed by atoms with E-state index in [1.165, 1.54) is 32.4 Å². The van der Waals surface area contributed by atoms with Crippen LogP contribution in [-0.2, 0) is 17.4 Å². The maximum Gasteiger partial charge on any atom is 0.416 e. The third kappa shape index (κ3) is 6.41. The fourth-order valence-corrected chi connectivity index (χ4v) is 2.51. The number of halogens is 3. The number of hydrogen-bond acceptors (Lipinski definition) is 4. The molecule has 0 spiro atoms. The summed E-state index contributed by atoms with van der Waals surface area (Å²) in [5.41, 5.74) is 0.246. The van der Waals surface area contributed by atoms with Crippen molar-refractivity contribution in [1.82, 2.24) is 10.6 Å². The Morgan fingerprint density at radius 1 is 0.931 bits per heavy atom. The molecule has 0 bridgehead atoms. The van der Waals surface area contributed by atoms with Gasteiger partial charge in [-0.3, -0.25) is 9.59 Å². The van der Waals surface area contributed by atoms with Crippen molar-refractivity contribution in [3.05, 3.63) is 59.2 Å². The van der Waals surface area contributed by atoms with E-state index in [2.05, 4.69) is 10.6 Å². The number of alkyl halides is 3. The molecule has 0 unspecified atom stereocenters. The molecule has 29 heavy (non-hydrogen) atoms. The fraction of sp³-hybridized carbons (Fsp3) is 0.300. The molecule has 0 saturated heterocycles. The van der Waals surface area contributed by atoms with Crippen LogP contribution >= 0.6 is 0 Å². The van der Waals surface area contributed by atoms with Crippen molar-refractivity contribution >= 4 is 11.8 Å². The van der Waals surface area contributed by atoms with Crippen LogP contribution in [0.5, 0.6) is 11.5 Å². The largest absolute Gasteiger partial charge is 0.493 e. The van der Waals surface area contributed by atoms with Gasteiger partial charge in [0.05, 0.1) is 26.3 Å². The SMILES string of the molecule is COc1ccc(C(=O)NCC(=O)NCCc2ccc(C(F)(F)F)cc2)cc1OC. The third-order valence-electron chi connectivity index (χ3n) is 4.07. The van der Waals surface area contributed by atoms with Gasteiger partial charge in [-0.25, -0.2) is 0 Å². The Hall–Kier alpha value is -3.23. The number of nitrogens with one attached hydrogen (secondary N) is 2. The lowest BCUT2D eigenvalue weighted by molar-refractivity contribution is -0.137. The van der Waals surface area contributed by atoms with Gasteiger partial charge in [0.2, 0.25) is 5.91 Å². The predicted molar refractivity (Wildman–Crippen MR) is 100 cm³/mol. The molecule has 2 aromatic carbocycles. The standard InChI is InChI=1S/C20H21F3N2O4/c1-28-16-8-5-14(11-17(16)29-2)19(27)25-12-18(26)24-10-9-13-3-6-15(7-4-13)20(21,22)23/h3-8,11H,9-10,12H2,1-2H3,(H,24,26)(H,25,27). The quantitative estimate of drug-likeness (QED) is 0.702. The summed E-state index contributed by atoms with van der Waals surface area (Å²) < 4.78 is 47.8. The molecular weight excluding hydrogens is 389 g/mol. The Balaban J connectivity index is 1.77. The summed E-state index contributed by atoms with van der Waals surface area (Å²) >= 11 is 0. The van der Waals surface area contributed by atoms with E-state index in [0.29, 0.717) is 29.0 Å². The predicted octanol–water partition coefficient (Wildman–Crippen LogP) is 2.81. The molecular formula is C20H21F3N2O4. The lowest BCUT2D eigenvalue weighted by atomic mass is 10.1. The summed E-state index contributed by atoms with van der Waals surface area (Å²) in [6, 6.07) is 9.36. The van der Waals surface area contributed by atoms with Crippen LogP contribution in [0.4, 0.5) is 13.2 Å². The lowest BCUT2D eigenvalue weighted by Gasteiger charge is -2.10. The molecule has 0 saturated carbocycles. The van der Waals surface area contributed by atoms with Gasteiger partial charge in [-0.1, -0.05) is 12.1 Å². The van der Waals surface area contributed by atoms with E-state index < -0.39 is 23.6 Å². The molecule has 0 radical (unpaired) electrons. The zero-order valence-corrected chi connectivity index (χ0v) is 15.9. The lowest BCUT2D eigenvalue weighted by Crippen LogP contribution is -2.37. The van der Waals surface area contributed by atoms with Crippen molar-refractivity contribution < 1.29 is 32.2 Å². The molecule has 0 fully saturated rings. The normalized spacial score (nSPS) is 10.9. The minimum absolute atomic E-state index is 0.233. The van der Waals surface area contributed by atoms with E-state index in [1.54, 1.807) is 12.1 Å². The van der Waals surface area contributed by atoms with Gasteiger partial charge in [0.1, 0.15) is 0 Å². The minimum Gasteiger partial charge on any atom is -0.493 e. The molecule has 0 aliphatic rings. The van der Waals surface area contributed by atoms with Crippen LogP contribution in [0.2, 0.25) is 0 Å². The topological polar surface area (TPSA) is 76.7 Å². The Kier molecular flexibility index (Phi) is 7.46. The third-order valence-corrected chi connectivity index (χ3v) is 4.07. The molecule has 2 N–H and O–H groups in total. The molecule has 0 aliphatic heterocycles. The highest BCUT2D eigenvalue weighted by Crippen LogP contribution is 2.29. The van der Waals surface area contributed by atoms with Gasteiger partial charge in [0.15, 0.2) is 11.5 Å². The average molecular weight is 410 g/mol. The Bertz CT molecular complexity index is 852. The smallest absolute Gasteiger partial charge is 0.416 e. The van der Waals surface area contributed by atoms with Crippen LogP contribution in [0, 0.1) is 0 Å². The Morgan fingerprint density at radius 2 is 1.59 bits per heavy atom. The molecule has 9 heteroatoms. The monoisotopic (exact) mass is 410 g/mol. The first-order valence-corrected chi connectivity index (χ1v) is 8.67. The highest BCUT2D eigenvalue weighted by Gasteiger charge is 2.29. The number of hydrogen-bond donors (Lipinski definition) is 2. The van der Waals surface area contributed by atoms with Gasteiger partial charge in [0.25, 0.3) is 5.91 Å². The van der Waals surface area contributed by atoms with E-state index in [4.69, 9.17) is 9.47 Å². The molecule has 2 aromatic rings. The molecule has 0 aromatic heterocycles. The summed E-state index contributed by atoms with van der Waals surface area (Å²) in [6.07, 6.45) is -4.01. The zero-order valence-electron chi connectivity index (χ0n) is 15.9. The van der Waals surface area contributed by atoms with E-state index in [0.717, 1.165) is 12.1 Å². The molecule has 156 valence electrons.